The van der Waals surface area contributed by atoms with Gasteiger partial charge in [-0.05, 0) is 24.6 Å². The monoisotopic (exact) mass is 282 g/mol. The Morgan fingerprint density at radius 2 is 1.90 bits per heavy atom. The van der Waals surface area contributed by atoms with Crippen LogP contribution in [-0.4, -0.2) is 9.97 Å². The molecule has 2 nitrogen and oxygen atoms in total. The Bertz CT molecular complexity index is 689. The van der Waals surface area contributed by atoms with E-state index in [4.69, 9.17) is 17.0 Å². The third-order valence-corrected chi connectivity index (χ3v) is 3.87. The second kappa shape index (κ2) is 5.10. The fourth-order valence-electron chi connectivity index (χ4n) is 2.39. The van der Waals surface area contributed by atoms with Gasteiger partial charge in [-0.3, -0.25) is 0 Å². The summed E-state index contributed by atoms with van der Waals surface area (Å²) in [6.07, 6.45) is 0.703. The van der Waals surface area contributed by atoms with Crippen LogP contribution < -0.4 is 4.74 Å². The molecule has 0 aromatic heterocycles. The summed E-state index contributed by atoms with van der Waals surface area (Å²) in [7, 11) is 0. The minimum absolute atomic E-state index is 0.357. The molecule has 1 unspecified atom stereocenters. The van der Waals surface area contributed by atoms with Crippen LogP contribution in [0.15, 0.2) is 60.4 Å². The highest BCUT2D eigenvalue weighted by molar-refractivity contribution is 7.81. The topological polar surface area (TPSA) is 29.5 Å². The number of aliphatic hydroxyl groups is 1. The first-order chi connectivity index (χ1) is 9.70. The minimum Gasteiger partial charge on any atom is -0.515 e. The maximum Gasteiger partial charge on any atom is 0.153 e. The standard InChI is InChI=1S/C17H14O2S/c1-11-7-8-15-13(9-11)17(20)14(10-18)16(19-15)12-5-3-2-4-6-12/h2-10,16,18H,1H3. The molecule has 1 atom stereocenters. The van der Waals surface area contributed by atoms with Crippen LogP contribution in [0.5, 0.6) is 5.75 Å². The summed E-state index contributed by atoms with van der Waals surface area (Å²) in [5, 5.41) is 9.56. The van der Waals surface area contributed by atoms with E-state index in [1.807, 2.05) is 55.5 Å². The van der Waals surface area contributed by atoms with Crippen molar-refractivity contribution in [1.82, 2.24) is 0 Å². The Labute approximate surface area is 123 Å². The normalized spacial score (nSPS) is 19.6. The van der Waals surface area contributed by atoms with E-state index < -0.39 is 0 Å². The van der Waals surface area contributed by atoms with E-state index in [-0.39, 0.29) is 6.10 Å². The summed E-state index contributed by atoms with van der Waals surface area (Å²) >= 11 is 5.51. The maximum absolute atomic E-state index is 9.56. The summed E-state index contributed by atoms with van der Waals surface area (Å²) in [4.78, 5) is 0.645. The fraction of sp³-hybridized carbons (Fsp3) is 0.118. The number of hydrogen-bond donors (Lipinski definition) is 1. The van der Waals surface area contributed by atoms with Crippen LogP contribution in [0.25, 0.3) is 0 Å². The van der Waals surface area contributed by atoms with E-state index in [2.05, 4.69) is 0 Å². The van der Waals surface area contributed by atoms with E-state index in [1.54, 1.807) is 0 Å². The summed E-state index contributed by atoms with van der Waals surface area (Å²) in [6, 6.07) is 15.7. The summed E-state index contributed by atoms with van der Waals surface area (Å²) in [6.45, 7) is 2.01. The number of thiocarbonyl (C=S) groups is 1. The van der Waals surface area contributed by atoms with Crippen molar-refractivity contribution in [1.29, 1.82) is 0 Å². The lowest BCUT2D eigenvalue weighted by Crippen LogP contribution is -2.23. The van der Waals surface area contributed by atoms with Gasteiger partial charge in [-0.15, -0.1) is 0 Å². The largest absolute Gasteiger partial charge is 0.515 e. The molecule has 1 aliphatic rings. The van der Waals surface area contributed by atoms with Crippen molar-refractivity contribution in [3.8, 4) is 5.75 Å². The van der Waals surface area contributed by atoms with Crippen molar-refractivity contribution in [2.45, 2.75) is 13.0 Å². The van der Waals surface area contributed by atoms with Gasteiger partial charge in [0.2, 0.25) is 0 Å². The van der Waals surface area contributed by atoms with Crippen LogP contribution in [0.1, 0.15) is 22.8 Å². The predicted octanol–water partition coefficient (Wildman–Crippen LogP) is 4.29. The summed E-state index contributed by atoms with van der Waals surface area (Å²) < 4.78 is 6.03. The molecular weight excluding hydrogens is 268 g/mol. The number of aryl methyl sites for hydroxylation is 1. The molecule has 100 valence electrons. The molecule has 0 saturated heterocycles. The van der Waals surface area contributed by atoms with Crippen LogP contribution in [-0.2, 0) is 0 Å². The lowest BCUT2D eigenvalue weighted by Gasteiger charge is -2.29. The molecule has 0 spiro atoms. The number of hydrogen-bond acceptors (Lipinski definition) is 3. The molecule has 3 heteroatoms. The smallest absolute Gasteiger partial charge is 0.153 e. The number of benzene rings is 2. The zero-order valence-electron chi connectivity index (χ0n) is 11.0. The molecule has 0 aliphatic carbocycles. The van der Waals surface area contributed by atoms with Crippen LogP contribution >= 0.6 is 12.2 Å². The van der Waals surface area contributed by atoms with Crippen LogP contribution in [0.2, 0.25) is 0 Å². The Balaban J connectivity index is 2.11. The molecular formula is C17H14O2S. The van der Waals surface area contributed by atoms with Crippen LogP contribution in [0.4, 0.5) is 0 Å². The number of rotatable bonds is 1. The molecule has 2 aromatic rings. The first-order valence-corrected chi connectivity index (χ1v) is 6.83. The van der Waals surface area contributed by atoms with Crippen molar-refractivity contribution >= 4 is 17.1 Å². The first kappa shape index (κ1) is 12.9. The van der Waals surface area contributed by atoms with E-state index >= 15 is 0 Å². The zero-order chi connectivity index (χ0) is 14.1. The Hall–Kier alpha value is -2.13. The lowest BCUT2D eigenvalue weighted by molar-refractivity contribution is 0.239. The molecule has 3 rings (SSSR count). The molecule has 1 heterocycles. The number of aliphatic hydroxyl groups excluding tert-OH is 1. The maximum atomic E-state index is 9.56. The van der Waals surface area contributed by atoms with Gasteiger partial charge in [0.25, 0.3) is 0 Å². The van der Waals surface area contributed by atoms with Gasteiger partial charge >= 0.3 is 0 Å². The molecule has 0 amide bonds. The molecule has 20 heavy (non-hydrogen) atoms. The van der Waals surface area contributed by atoms with Crippen LogP contribution in [0, 0.1) is 6.92 Å². The van der Waals surface area contributed by atoms with E-state index in [0.717, 1.165) is 28.7 Å². The average molecular weight is 282 g/mol. The third-order valence-electron chi connectivity index (χ3n) is 3.41. The highest BCUT2D eigenvalue weighted by atomic mass is 32.1. The van der Waals surface area contributed by atoms with E-state index in [1.165, 1.54) is 0 Å². The van der Waals surface area contributed by atoms with Crippen molar-refractivity contribution in [2.24, 2.45) is 0 Å². The third kappa shape index (κ3) is 2.10. The first-order valence-electron chi connectivity index (χ1n) is 6.42. The highest BCUT2D eigenvalue weighted by Gasteiger charge is 2.30. The zero-order valence-corrected chi connectivity index (χ0v) is 11.9. The molecule has 0 radical (unpaired) electrons. The van der Waals surface area contributed by atoms with E-state index in [9.17, 15) is 5.11 Å². The Kier molecular flexibility index (Phi) is 3.28. The number of ether oxygens (including phenoxy) is 1. The minimum atomic E-state index is -0.357. The molecule has 0 fully saturated rings. The molecule has 2 aromatic carbocycles. The quantitative estimate of drug-likeness (QED) is 0.481. The predicted molar refractivity (Wildman–Crippen MR) is 83.4 cm³/mol. The molecule has 0 bridgehead atoms. The van der Waals surface area contributed by atoms with E-state index in [0.29, 0.717) is 10.4 Å². The van der Waals surface area contributed by atoms with Crippen molar-refractivity contribution in [3.63, 3.8) is 0 Å². The van der Waals surface area contributed by atoms with Crippen molar-refractivity contribution in [3.05, 3.63) is 77.1 Å². The molecule has 1 aliphatic heterocycles. The second-order valence-corrected chi connectivity index (χ2v) is 5.23. The SMILES string of the molecule is Cc1ccc2c(c1)C(=S)C(=CO)C(c1ccccc1)O2. The lowest BCUT2D eigenvalue weighted by atomic mass is 9.92. The number of fused-ring (bicyclic) bond motifs is 1. The summed E-state index contributed by atoms with van der Waals surface area (Å²) in [5.74, 6) is 0.764. The Morgan fingerprint density at radius 1 is 1.15 bits per heavy atom. The van der Waals surface area contributed by atoms with Gasteiger partial charge in [0.05, 0.1) is 11.1 Å². The average Bonchev–Trinajstić information content (AvgIpc) is 2.48. The van der Waals surface area contributed by atoms with Gasteiger partial charge in [-0.2, -0.15) is 0 Å². The summed E-state index contributed by atoms with van der Waals surface area (Å²) in [5.41, 5.74) is 3.59. The van der Waals surface area contributed by atoms with Gasteiger partial charge in [0, 0.05) is 11.1 Å². The molecule has 1 N–H and O–H groups in total. The van der Waals surface area contributed by atoms with Gasteiger partial charge in [-0.1, -0.05) is 54.2 Å². The highest BCUT2D eigenvalue weighted by Crippen LogP contribution is 2.38. The van der Waals surface area contributed by atoms with Gasteiger partial charge in [-0.25, -0.2) is 0 Å². The molecule has 0 saturated carbocycles. The van der Waals surface area contributed by atoms with Gasteiger partial charge in [0.15, 0.2) is 6.10 Å². The van der Waals surface area contributed by atoms with Crippen molar-refractivity contribution in [2.75, 3.05) is 0 Å². The van der Waals surface area contributed by atoms with Crippen LogP contribution in [0.3, 0.4) is 0 Å². The second-order valence-electron chi connectivity index (χ2n) is 4.82. The Morgan fingerprint density at radius 3 is 2.60 bits per heavy atom. The van der Waals surface area contributed by atoms with Crippen molar-refractivity contribution < 1.29 is 9.84 Å². The van der Waals surface area contributed by atoms with Gasteiger partial charge < -0.3 is 9.84 Å². The fourth-order valence-corrected chi connectivity index (χ4v) is 2.71. The van der Waals surface area contributed by atoms with Gasteiger partial charge in [0.1, 0.15) is 5.75 Å².